The second-order valence-corrected chi connectivity index (χ2v) is 8.68. The highest BCUT2D eigenvalue weighted by atomic mass is 32.2. The molecule has 0 aliphatic heterocycles. The molecular weight excluding hydrogens is 436 g/mol. The number of anilines is 2. The van der Waals surface area contributed by atoms with Crippen LogP contribution in [0, 0.1) is 0 Å². The number of ether oxygens (including phenoxy) is 2. The highest BCUT2D eigenvalue weighted by Crippen LogP contribution is 2.29. The lowest BCUT2D eigenvalue weighted by Crippen LogP contribution is -2.14. The second kappa shape index (κ2) is 11.4. The third kappa shape index (κ3) is 6.52. The molecule has 3 aromatic rings. The number of rotatable bonds is 9. The first kappa shape index (κ1) is 24.2. The summed E-state index contributed by atoms with van der Waals surface area (Å²) in [7, 11) is 3.02. The van der Waals surface area contributed by atoms with Crippen LogP contribution in [0.5, 0.6) is 11.5 Å². The molecule has 6 nitrogen and oxygen atoms in total. The van der Waals surface area contributed by atoms with Gasteiger partial charge in [-0.3, -0.25) is 9.59 Å². The zero-order chi connectivity index (χ0) is 23.8. The van der Waals surface area contributed by atoms with Crippen LogP contribution in [0.15, 0.2) is 71.6 Å². The molecule has 0 saturated heterocycles. The molecule has 2 N–H and O–H groups in total. The first-order chi connectivity index (χ1) is 15.9. The molecule has 0 bridgehead atoms. The lowest BCUT2D eigenvalue weighted by Gasteiger charge is -2.13. The Balaban J connectivity index is 1.55. The molecule has 2 amide bonds. The van der Waals surface area contributed by atoms with Crippen molar-refractivity contribution < 1.29 is 19.1 Å². The van der Waals surface area contributed by atoms with Crippen molar-refractivity contribution in [2.45, 2.75) is 24.7 Å². The van der Waals surface area contributed by atoms with E-state index in [9.17, 15) is 9.59 Å². The van der Waals surface area contributed by atoms with Crippen LogP contribution in [-0.2, 0) is 4.79 Å². The van der Waals surface area contributed by atoms with E-state index in [2.05, 4.69) is 24.5 Å². The van der Waals surface area contributed by atoms with Gasteiger partial charge in [-0.1, -0.05) is 32.0 Å². The highest BCUT2D eigenvalue weighted by molar-refractivity contribution is 8.00. The molecule has 0 radical (unpaired) electrons. The summed E-state index contributed by atoms with van der Waals surface area (Å²) in [6, 6.07) is 20.4. The van der Waals surface area contributed by atoms with Gasteiger partial charge in [-0.2, -0.15) is 0 Å². The van der Waals surface area contributed by atoms with E-state index < -0.39 is 0 Å². The molecule has 3 rings (SSSR count). The molecule has 3 aromatic carbocycles. The average Bonchev–Trinajstić information content (AvgIpc) is 2.83. The van der Waals surface area contributed by atoms with Crippen LogP contribution in [0.4, 0.5) is 11.4 Å². The van der Waals surface area contributed by atoms with Crippen molar-refractivity contribution in [2.75, 3.05) is 30.6 Å². The van der Waals surface area contributed by atoms with Gasteiger partial charge in [0.15, 0.2) is 0 Å². The summed E-state index contributed by atoms with van der Waals surface area (Å²) in [6.07, 6.45) is 0. The van der Waals surface area contributed by atoms with Crippen molar-refractivity contribution in [2.24, 2.45) is 0 Å². The summed E-state index contributed by atoms with van der Waals surface area (Å²) >= 11 is 1.43. The maximum absolute atomic E-state index is 12.8. The van der Waals surface area contributed by atoms with Crippen LogP contribution in [-0.4, -0.2) is 31.8 Å². The second-order valence-electron chi connectivity index (χ2n) is 7.63. The van der Waals surface area contributed by atoms with Crippen LogP contribution in [0.25, 0.3) is 0 Å². The van der Waals surface area contributed by atoms with E-state index >= 15 is 0 Å². The summed E-state index contributed by atoms with van der Waals surface area (Å²) in [5.41, 5.74) is 2.99. The highest BCUT2D eigenvalue weighted by Gasteiger charge is 2.18. The van der Waals surface area contributed by atoms with Crippen LogP contribution in [0.3, 0.4) is 0 Å². The van der Waals surface area contributed by atoms with Gasteiger partial charge in [-0.25, -0.2) is 0 Å². The van der Waals surface area contributed by atoms with Crippen LogP contribution in [0.2, 0.25) is 0 Å². The molecule has 0 aliphatic rings. The molecule has 0 unspecified atom stereocenters. The van der Waals surface area contributed by atoms with Crippen molar-refractivity contribution in [3.05, 3.63) is 77.9 Å². The lowest BCUT2D eigenvalue weighted by molar-refractivity contribution is -0.113. The fraction of sp³-hybridized carbons (Fsp3) is 0.231. The number of thioether (sulfide) groups is 1. The van der Waals surface area contributed by atoms with E-state index in [1.54, 1.807) is 30.3 Å². The van der Waals surface area contributed by atoms with Crippen LogP contribution >= 0.6 is 11.8 Å². The first-order valence-corrected chi connectivity index (χ1v) is 11.5. The first-order valence-electron chi connectivity index (χ1n) is 10.6. The Labute approximate surface area is 198 Å². The molecule has 0 aromatic heterocycles. The van der Waals surface area contributed by atoms with E-state index in [0.717, 1.165) is 10.6 Å². The maximum atomic E-state index is 12.8. The van der Waals surface area contributed by atoms with Gasteiger partial charge in [0.05, 0.1) is 20.0 Å². The van der Waals surface area contributed by atoms with Gasteiger partial charge in [-0.05, 0) is 60.0 Å². The minimum Gasteiger partial charge on any atom is -0.496 e. The Morgan fingerprint density at radius 2 is 1.36 bits per heavy atom. The summed E-state index contributed by atoms with van der Waals surface area (Å²) < 4.78 is 10.6. The van der Waals surface area contributed by atoms with Crippen LogP contribution < -0.4 is 20.1 Å². The number of hydrogen-bond acceptors (Lipinski definition) is 5. The smallest absolute Gasteiger partial charge is 0.263 e. The summed E-state index contributed by atoms with van der Waals surface area (Å²) in [5, 5.41) is 5.77. The fourth-order valence-electron chi connectivity index (χ4n) is 3.20. The Hall–Kier alpha value is -3.45. The lowest BCUT2D eigenvalue weighted by atomic mass is 10.0. The van der Waals surface area contributed by atoms with E-state index in [-0.39, 0.29) is 17.6 Å². The summed E-state index contributed by atoms with van der Waals surface area (Å²) in [4.78, 5) is 26.0. The number of hydrogen-bond donors (Lipinski definition) is 2. The fourth-order valence-corrected chi connectivity index (χ4v) is 3.90. The number of methoxy groups -OCH3 is 2. The number of nitrogens with one attached hydrogen (secondary N) is 2. The molecule has 0 saturated carbocycles. The predicted molar refractivity (Wildman–Crippen MR) is 134 cm³/mol. The number of amides is 2. The molecule has 7 heteroatoms. The van der Waals surface area contributed by atoms with Crippen LogP contribution in [0.1, 0.15) is 35.7 Å². The van der Waals surface area contributed by atoms with Gasteiger partial charge >= 0.3 is 0 Å². The van der Waals surface area contributed by atoms with Gasteiger partial charge in [-0.15, -0.1) is 11.8 Å². The Kier molecular flexibility index (Phi) is 8.38. The third-order valence-corrected chi connectivity index (χ3v) is 6.01. The summed E-state index contributed by atoms with van der Waals surface area (Å²) in [6.45, 7) is 4.27. The number of benzene rings is 3. The van der Waals surface area contributed by atoms with Crippen molar-refractivity contribution in [3.63, 3.8) is 0 Å². The van der Waals surface area contributed by atoms with Gasteiger partial charge in [0.25, 0.3) is 5.91 Å². The Bertz CT molecular complexity index is 1070. The minimum atomic E-state index is -0.326. The average molecular weight is 465 g/mol. The maximum Gasteiger partial charge on any atom is 0.263 e. The normalized spacial score (nSPS) is 10.6. The molecule has 172 valence electrons. The Morgan fingerprint density at radius 3 is 1.91 bits per heavy atom. The van der Waals surface area contributed by atoms with Gasteiger partial charge < -0.3 is 20.1 Å². The molecule has 0 heterocycles. The van der Waals surface area contributed by atoms with Crippen molar-refractivity contribution in [1.82, 2.24) is 0 Å². The number of carbonyl (C=O) groups is 2. The van der Waals surface area contributed by atoms with E-state index in [0.29, 0.717) is 28.7 Å². The van der Waals surface area contributed by atoms with Crippen molar-refractivity contribution >= 4 is 35.0 Å². The van der Waals surface area contributed by atoms with Gasteiger partial charge in [0.2, 0.25) is 5.91 Å². The Morgan fingerprint density at radius 1 is 0.818 bits per heavy atom. The zero-order valence-corrected chi connectivity index (χ0v) is 20.0. The molecule has 0 aliphatic carbocycles. The zero-order valence-electron chi connectivity index (χ0n) is 19.2. The predicted octanol–water partition coefficient (Wildman–Crippen LogP) is 5.81. The minimum absolute atomic E-state index is 0.0713. The van der Waals surface area contributed by atoms with Gasteiger partial charge in [0, 0.05) is 16.3 Å². The molecule has 0 fully saturated rings. The number of carbonyl (C=O) groups excluding carboxylic acids is 2. The summed E-state index contributed by atoms with van der Waals surface area (Å²) in [5.74, 6) is 1.21. The molecule has 33 heavy (non-hydrogen) atoms. The van der Waals surface area contributed by atoms with E-state index in [4.69, 9.17) is 9.47 Å². The van der Waals surface area contributed by atoms with Crippen molar-refractivity contribution in [1.29, 1.82) is 0 Å². The quantitative estimate of drug-likeness (QED) is 0.391. The SMILES string of the molecule is COc1cccc(OC)c1C(=O)Nc1ccc(SCC(=O)Nc2ccc(C(C)C)cc2)cc1. The van der Waals surface area contributed by atoms with E-state index in [1.807, 2.05) is 36.4 Å². The molecule has 0 atom stereocenters. The molecular formula is C26H28N2O4S. The molecule has 0 spiro atoms. The standard InChI is InChI=1S/C26H28N2O4S/c1-17(2)18-8-10-19(11-9-18)27-24(29)16-33-21-14-12-20(13-15-21)28-26(30)25-22(31-3)6-5-7-23(25)32-4/h5-15,17H,16H2,1-4H3,(H,27,29)(H,28,30). The largest absolute Gasteiger partial charge is 0.496 e. The van der Waals surface area contributed by atoms with Gasteiger partial charge in [0.1, 0.15) is 17.1 Å². The third-order valence-electron chi connectivity index (χ3n) is 5.00. The van der Waals surface area contributed by atoms with E-state index in [1.165, 1.54) is 31.5 Å². The van der Waals surface area contributed by atoms with Crippen molar-refractivity contribution in [3.8, 4) is 11.5 Å². The monoisotopic (exact) mass is 464 g/mol. The topological polar surface area (TPSA) is 76.7 Å².